The van der Waals surface area contributed by atoms with E-state index in [1.807, 2.05) is 27.7 Å². The van der Waals surface area contributed by atoms with E-state index in [-0.39, 0.29) is 20.5 Å². The van der Waals surface area contributed by atoms with Crippen LogP contribution in [0, 0.1) is 0 Å². The molecule has 2 aliphatic rings. The van der Waals surface area contributed by atoms with Crippen molar-refractivity contribution in [2.24, 2.45) is 0 Å². The fourth-order valence-corrected chi connectivity index (χ4v) is 2.47. The molecule has 0 aromatic heterocycles. The van der Waals surface area contributed by atoms with Crippen LogP contribution in [-0.4, -0.2) is 56.2 Å². The highest BCUT2D eigenvalue weighted by Crippen LogP contribution is 2.37. The number of nitrogens with zero attached hydrogens (tertiary/aromatic N) is 2. The van der Waals surface area contributed by atoms with Crippen LogP contribution >= 0.6 is 11.6 Å². The summed E-state index contributed by atoms with van der Waals surface area (Å²) in [6.45, 7) is -9.70. The Balaban J connectivity index is 2.12. The van der Waals surface area contributed by atoms with Gasteiger partial charge in [-0.05, 0) is 46.8 Å². The topological polar surface area (TPSA) is 24.9 Å². The summed E-state index contributed by atoms with van der Waals surface area (Å²) in [6.07, 6.45) is 0. The molecule has 0 amide bonds. The van der Waals surface area contributed by atoms with Gasteiger partial charge in [0, 0.05) is 51.8 Å². The standard InChI is InChI=1S/C17H26BClN2O2/c1-16(2)17(3,4)23-18(22-16)14-7-6-13(12-15(14)19)21-10-8-20(5)9-11-21/h6-7,12H,8-11H2,1-5H3/i5D3,8D2,9D2,10D2,11D2. The number of benzene rings is 1. The fraction of sp³-hybridized carbons (Fsp3) is 0.647. The summed E-state index contributed by atoms with van der Waals surface area (Å²) in [5.41, 5.74) is -1.28. The van der Waals surface area contributed by atoms with Gasteiger partial charge in [0.2, 0.25) is 0 Å². The molecular weight excluding hydrogens is 310 g/mol. The molecule has 2 heterocycles. The largest absolute Gasteiger partial charge is 0.496 e. The average molecular weight is 348 g/mol. The predicted molar refractivity (Wildman–Crippen MR) is 96.9 cm³/mol. The second-order valence-electron chi connectivity index (χ2n) is 6.41. The van der Waals surface area contributed by atoms with Crippen LogP contribution in [0.4, 0.5) is 5.69 Å². The van der Waals surface area contributed by atoms with Gasteiger partial charge in [0.15, 0.2) is 0 Å². The van der Waals surface area contributed by atoms with E-state index >= 15 is 0 Å². The number of hydrogen-bond donors (Lipinski definition) is 0. The van der Waals surface area contributed by atoms with Crippen molar-refractivity contribution < 1.29 is 24.4 Å². The SMILES string of the molecule is [2H]C([2H])([2H])N1C([2H])([2H])C([2H])([2H])N(c2ccc(B3OC(C)(C)C(C)(C)O3)c(Cl)c2)C([2H])([2H])C1([2H])[2H]. The van der Waals surface area contributed by atoms with Crippen molar-refractivity contribution in [1.82, 2.24) is 4.90 Å². The van der Waals surface area contributed by atoms with Gasteiger partial charge in [-0.2, -0.15) is 0 Å². The summed E-state index contributed by atoms with van der Waals surface area (Å²) in [4.78, 5) is -0.119. The maximum absolute atomic E-state index is 8.39. The van der Waals surface area contributed by atoms with E-state index in [0.29, 0.717) is 5.46 Å². The molecular formula is C17H26BClN2O2. The second kappa shape index (κ2) is 5.96. The zero-order chi connectivity index (χ0) is 26.5. The molecule has 0 N–H and O–H groups in total. The molecule has 2 aliphatic heterocycles. The number of halogens is 1. The molecule has 0 aliphatic carbocycles. The van der Waals surface area contributed by atoms with Crippen LogP contribution in [0.5, 0.6) is 0 Å². The third-order valence-corrected chi connectivity index (χ3v) is 4.62. The van der Waals surface area contributed by atoms with Crippen molar-refractivity contribution in [2.45, 2.75) is 38.9 Å². The van der Waals surface area contributed by atoms with Crippen molar-refractivity contribution in [3.63, 3.8) is 0 Å². The quantitative estimate of drug-likeness (QED) is 0.767. The van der Waals surface area contributed by atoms with Gasteiger partial charge < -0.3 is 19.1 Å². The first kappa shape index (κ1) is 8.09. The van der Waals surface area contributed by atoms with E-state index < -0.39 is 51.3 Å². The van der Waals surface area contributed by atoms with Gasteiger partial charge in [-0.3, -0.25) is 0 Å². The Hall–Kier alpha value is -0.745. The van der Waals surface area contributed by atoms with Gasteiger partial charge >= 0.3 is 7.12 Å². The van der Waals surface area contributed by atoms with E-state index in [2.05, 4.69) is 0 Å². The monoisotopic (exact) mass is 347 g/mol. The van der Waals surface area contributed by atoms with Gasteiger partial charge in [-0.15, -0.1) is 0 Å². The molecule has 0 atom stereocenters. The van der Waals surface area contributed by atoms with Crippen molar-refractivity contribution >= 4 is 29.9 Å². The minimum atomic E-state index is -3.47. The number of piperazine rings is 1. The summed E-state index contributed by atoms with van der Waals surface area (Å²) >= 11 is 6.43. The summed E-state index contributed by atoms with van der Waals surface area (Å²) < 4.78 is 101. The highest BCUT2D eigenvalue weighted by molar-refractivity contribution is 6.65. The van der Waals surface area contributed by atoms with Gasteiger partial charge in [0.1, 0.15) is 0 Å². The maximum atomic E-state index is 8.39. The Morgan fingerprint density at radius 3 is 2.26 bits per heavy atom. The molecule has 1 aromatic carbocycles. The molecule has 0 spiro atoms. The van der Waals surface area contributed by atoms with Gasteiger partial charge in [-0.25, -0.2) is 0 Å². The Labute approximate surface area is 160 Å². The number of likely N-dealkylation sites (N-methyl/N-ethyl adjacent to an activating group) is 1. The molecule has 6 heteroatoms. The number of rotatable bonds is 2. The van der Waals surface area contributed by atoms with Gasteiger partial charge in [0.25, 0.3) is 0 Å². The molecule has 0 bridgehead atoms. The Kier molecular flexibility index (Phi) is 2.10. The number of hydrogen-bond acceptors (Lipinski definition) is 4. The van der Waals surface area contributed by atoms with Crippen LogP contribution in [-0.2, 0) is 9.31 Å². The highest BCUT2D eigenvalue weighted by Gasteiger charge is 2.52. The molecule has 0 radical (unpaired) electrons. The minimum absolute atomic E-state index is 0.0121. The first-order valence-corrected chi connectivity index (χ1v) is 7.56. The minimum Gasteiger partial charge on any atom is -0.399 e. The van der Waals surface area contributed by atoms with E-state index in [9.17, 15) is 0 Å². The van der Waals surface area contributed by atoms with E-state index in [0.717, 1.165) is 6.07 Å². The molecule has 1 aromatic rings. The van der Waals surface area contributed by atoms with Crippen LogP contribution in [0.1, 0.15) is 42.8 Å². The lowest BCUT2D eigenvalue weighted by Crippen LogP contribution is -2.44. The Bertz CT molecular complexity index is 943. The predicted octanol–water partition coefficient (Wildman–Crippen LogP) is 2.39. The summed E-state index contributed by atoms with van der Waals surface area (Å²) in [5.74, 6) is 0. The normalized spacial score (nSPS) is 40.7. The zero-order valence-corrected chi connectivity index (χ0v) is 14.2. The van der Waals surface area contributed by atoms with Crippen LogP contribution in [0.2, 0.25) is 5.02 Å². The average Bonchev–Trinajstić information content (AvgIpc) is 2.78. The maximum Gasteiger partial charge on any atom is 0.496 e. The van der Waals surface area contributed by atoms with E-state index in [1.54, 1.807) is 0 Å². The Morgan fingerprint density at radius 2 is 1.74 bits per heavy atom. The van der Waals surface area contributed by atoms with Crippen LogP contribution < -0.4 is 10.4 Å². The Morgan fingerprint density at radius 1 is 1.13 bits per heavy atom. The fourth-order valence-electron chi connectivity index (χ4n) is 2.20. The first-order valence-electron chi connectivity index (χ1n) is 12.7. The second-order valence-corrected chi connectivity index (χ2v) is 6.82. The summed E-state index contributed by atoms with van der Waals surface area (Å²) in [6, 6.07) is 3.78. The number of anilines is 1. The third-order valence-electron chi connectivity index (χ3n) is 4.30. The lowest BCUT2D eigenvalue weighted by atomic mass is 9.79. The zero-order valence-electron chi connectivity index (χ0n) is 24.4. The van der Waals surface area contributed by atoms with Gasteiger partial charge in [-0.1, -0.05) is 17.7 Å². The highest BCUT2D eigenvalue weighted by atomic mass is 35.5. The molecule has 2 fully saturated rings. The van der Waals surface area contributed by atoms with E-state index in [4.69, 9.17) is 36.0 Å². The molecule has 23 heavy (non-hydrogen) atoms. The first-order chi connectivity index (χ1) is 14.9. The molecule has 0 saturated carbocycles. The molecule has 4 nitrogen and oxygen atoms in total. The van der Waals surface area contributed by atoms with Crippen LogP contribution in [0.15, 0.2) is 18.2 Å². The molecule has 126 valence electrons. The third kappa shape index (κ3) is 3.25. The van der Waals surface area contributed by atoms with Crippen LogP contribution in [0.25, 0.3) is 0 Å². The molecule has 2 saturated heterocycles. The molecule has 0 unspecified atom stereocenters. The lowest BCUT2D eigenvalue weighted by Gasteiger charge is -2.34. The molecule has 3 rings (SSSR count). The summed E-state index contributed by atoms with van der Waals surface area (Å²) in [5, 5.41) is -0.0121. The smallest absolute Gasteiger partial charge is 0.399 e. The van der Waals surface area contributed by atoms with Crippen molar-refractivity contribution in [3.8, 4) is 0 Å². The van der Waals surface area contributed by atoms with Crippen molar-refractivity contribution in [1.29, 1.82) is 0 Å². The van der Waals surface area contributed by atoms with Gasteiger partial charge in [0.05, 0.1) is 16.7 Å². The lowest BCUT2D eigenvalue weighted by molar-refractivity contribution is 0.00578. The summed E-state index contributed by atoms with van der Waals surface area (Å²) in [7, 11) is -0.884. The van der Waals surface area contributed by atoms with Crippen molar-refractivity contribution in [2.75, 3.05) is 37.9 Å². The van der Waals surface area contributed by atoms with Crippen molar-refractivity contribution in [3.05, 3.63) is 23.2 Å². The van der Waals surface area contributed by atoms with E-state index in [1.165, 1.54) is 12.1 Å². The van der Waals surface area contributed by atoms with Crippen LogP contribution in [0.3, 0.4) is 0 Å².